The summed E-state index contributed by atoms with van der Waals surface area (Å²) in [7, 11) is 0. The van der Waals surface area contributed by atoms with Crippen LogP contribution in [-0.2, 0) is 0 Å². The lowest BCUT2D eigenvalue weighted by Gasteiger charge is -2.56. The largest absolute Gasteiger partial charge is 0.396 e. The van der Waals surface area contributed by atoms with Gasteiger partial charge in [-0.15, -0.1) is 0 Å². The minimum atomic E-state index is -0.248. The summed E-state index contributed by atoms with van der Waals surface area (Å²) in [4.78, 5) is 0. The van der Waals surface area contributed by atoms with E-state index in [0.717, 1.165) is 17.8 Å². The Morgan fingerprint density at radius 1 is 1.00 bits per heavy atom. The summed E-state index contributed by atoms with van der Waals surface area (Å²) in [6.07, 6.45) is 13.6. The zero-order valence-corrected chi connectivity index (χ0v) is 19.7. The molecule has 9 atom stereocenters. The number of aliphatic hydroxyl groups is 2. The third-order valence-electron chi connectivity index (χ3n) is 10.4. The first-order valence-corrected chi connectivity index (χ1v) is 12.7. The standard InChI is InChI=1S/C27H46O2/c1-17(2)7-6-8-18(3)25-24(29)15-23-20-9-10-21-19(16-28)11-13-26(21,4)22(20)12-14-27(23,25)5/h15,17-22,24-25,28-29H,6-14,16H2,1-5H3/t18-,19-,20?,21?,22?,24-,25+,26+,27+/m1/s1. The average Bonchev–Trinajstić information content (AvgIpc) is 3.13. The van der Waals surface area contributed by atoms with E-state index in [1.807, 2.05) is 0 Å². The molecule has 0 saturated heterocycles. The Hall–Kier alpha value is -0.340. The summed E-state index contributed by atoms with van der Waals surface area (Å²) in [6, 6.07) is 0. The first-order chi connectivity index (χ1) is 13.7. The molecule has 0 aromatic carbocycles. The van der Waals surface area contributed by atoms with Crippen molar-refractivity contribution in [2.24, 2.45) is 52.3 Å². The minimum absolute atomic E-state index is 0.204. The second-order valence-electron chi connectivity index (χ2n) is 12.3. The SMILES string of the molecule is CC(C)CCC[C@@H](C)[C@H]1[C@H](O)C=C2C3CCC4[C@@H](CO)CC[C@]4(C)C3CC[C@@]21C. The molecule has 0 spiro atoms. The Morgan fingerprint density at radius 3 is 2.45 bits per heavy atom. The van der Waals surface area contributed by atoms with Crippen molar-refractivity contribution in [1.82, 2.24) is 0 Å². The third-order valence-corrected chi connectivity index (χ3v) is 10.4. The lowest BCUT2D eigenvalue weighted by molar-refractivity contribution is -0.0422. The molecule has 3 unspecified atom stereocenters. The fourth-order valence-electron chi connectivity index (χ4n) is 8.94. The Kier molecular flexibility index (Phi) is 6.01. The van der Waals surface area contributed by atoms with E-state index < -0.39 is 0 Å². The number of hydrogen-bond donors (Lipinski definition) is 2. The summed E-state index contributed by atoms with van der Waals surface area (Å²) < 4.78 is 0. The van der Waals surface area contributed by atoms with Gasteiger partial charge < -0.3 is 10.2 Å². The molecule has 0 radical (unpaired) electrons. The van der Waals surface area contributed by atoms with Crippen molar-refractivity contribution < 1.29 is 10.2 Å². The van der Waals surface area contributed by atoms with Crippen molar-refractivity contribution in [2.75, 3.05) is 6.61 Å². The highest BCUT2D eigenvalue weighted by atomic mass is 16.3. The normalized spacial score (nSPS) is 47.5. The van der Waals surface area contributed by atoms with E-state index in [2.05, 4.69) is 40.7 Å². The first kappa shape index (κ1) is 21.9. The molecule has 2 nitrogen and oxygen atoms in total. The molecule has 0 aromatic heterocycles. The average molecular weight is 403 g/mol. The van der Waals surface area contributed by atoms with Crippen molar-refractivity contribution >= 4 is 0 Å². The maximum absolute atomic E-state index is 11.2. The van der Waals surface area contributed by atoms with Crippen LogP contribution in [-0.4, -0.2) is 22.9 Å². The van der Waals surface area contributed by atoms with Crippen LogP contribution < -0.4 is 0 Å². The molecule has 0 bridgehead atoms. The van der Waals surface area contributed by atoms with Crippen LogP contribution in [0.2, 0.25) is 0 Å². The Bertz CT molecular complexity index is 624. The van der Waals surface area contributed by atoms with E-state index in [1.165, 1.54) is 57.8 Å². The van der Waals surface area contributed by atoms with E-state index in [0.29, 0.717) is 35.7 Å². The number of rotatable bonds is 6. The van der Waals surface area contributed by atoms with Crippen molar-refractivity contribution in [2.45, 2.75) is 98.5 Å². The zero-order chi connectivity index (χ0) is 21.0. The molecular formula is C27H46O2. The third kappa shape index (κ3) is 3.45. The minimum Gasteiger partial charge on any atom is -0.396 e. The molecule has 3 fully saturated rings. The van der Waals surface area contributed by atoms with Crippen LogP contribution in [0.4, 0.5) is 0 Å². The van der Waals surface area contributed by atoms with E-state index in [-0.39, 0.29) is 11.5 Å². The van der Waals surface area contributed by atoms with Crippen molar-refractivity contribution in [3.05, 3.63) is 11.6 Å². The highest BCUT2D eigenvalue weighted by Crippen LogP contribution is 2.68. The van der Waals surface area contributed by atoms with Gasteiger partial charge in [0.2, 0.25) is 0 Å². The molecule has 2 heteroatoms. The van der Waals surface area contributed by atoms with Gasteiger partial charge in [-0.25, -0.2) is 0 Å². The molecule has 29 heavy (non-hydrogen) atoms. The monoisotopic (exact) mass is 402 g/mol. The predicted molar refractivity (Wildman–Crippen MR) is 120 cm³/mol. The molecule has 3 saturated carbocycles. The molecule has 2 N–H and O–H groups in total. The summed E-state index contributed by atoms with van der Waals surface area (Å²) >= 11 is 0. The van der Waals surface area contributed by atoms with Crippen LogP contribution in [0.15, 0.2) is 11.6 Å². The fraction of sp³-hybridized carbons (Fsp3) is 0.926. The predicted octanol–water partition coefficient (Wildman–Crippen LogP) is 6.22. The Balaban J connectivity index is 1.52. The number of fused-ring (bicyclic) bond motifs is 5. The molecular weight excluding hydrogens is 356 g/mol. The Labute approximate surface area is 179 Å². The van der Waals surface area contributed by atoms with Gasteiger partial charge in [0.1, 0.15) is 0 Å². The molecule has 4 aliphatic rings. The summed E-state index contributed by atoms with van der Waals surface area (Å²) in [5.74, 6) is 4.47. The fourth-order valence-corrected chi connectivity index (χ4v) is 8.94. The number of hydrogen-bond acceptors (Lipinski definition) is 2. The topological polar surface area (TPSA) is 40.5 Å². The summed E-state index contributed by atoms with van der Waals surface area (Å²) in [6.45, 7) is 12.5. The van der Waals surface area contributed by atoms with Gasteiger partial charge in [0.15, 0.2) is 0 Å². The van der Waals surface area contributed by atoms with Crippen LogP contribution >= 0.6 is 0 Å². The van der Waals surface area contributed by atoms with Crippen LogP contribution in [0.1, 0.15) is 92.4 Å². The van der Waals surface area contributed by atoms with E-state index >= 15 is 0 Å². The molecule has 0 heterocycles. The highest BCUT2D eigenvalue weighted by Gasteiger charge is 2.60. The van der Waals surface area contributed by atoms with Gasteiger partial charge in [-0.05, 0) is 84.9 Å². The van der Waals surface area contributed by atoms with Crippen molar-refractivity contribution in [1.29, 1.82) is 0 Å². The van der Waals surface area contributed by atoms with Gasteiger partial charge in [0, 0.05) is 12.5 Å². The zero-order valence-electron chi connectivity index (χ0n) is 19.7. The quantitative estimate of drug-likeness (QED) is 0.518. The lowest BCUT2D eigenvalue weighted by atomic mass is 9.48. The molecule has 0 amide bonds. The molecule has 0 aliphatic heterocycles. The van der Waals surface area contributed by atoms with Gasteiger partial charge in [-0.1, -0.05) is 65.5 Å². The maximum Gasteiger partial charge on any atom is 0.0762 e. The highest BCUT2D eigenvalue weighted by molar-refractivity contribution is 5.32. The van der Waals surface area contributed by atoms with Gasteiger partial charge >= 0.3 is 0 Å². The van der Waals surface area contributed by atoms with Gasteiger partial charge in [-0.3, -0.25) is 0 Å². The van der Waals surface area contributed by atoms with Crippen molar-refractivity contribution in [3.8, 4) is 0 Å². The van der Waals surface area contributed by atoms with Crippen LogP contribution in [0.5, 0.6) is 0 Å². The smallest absolute Gasteiger partial charge is 0.0762 e. The summed E-state index contributed by atoms with van der Waals surface area (Å²) in [5, 5.41) is 21.1. The second kappa shape index (κ2) is 7.97. The molecule has 0 aromatic rings. The number of allylic oxidation sites excluding steroid dienone is 1. The number of aliphatic hydroxyl groups excluding tert-OH is 2. The molecule has 4 rings (SSSR count). The van der Waals surface area contributed by atoms with Gasteiger partial charge in [0.25, 0.3) is 0 Å². The van der Waals surface area contributed by atoms with Gasteiger partial charge in [-0.2, -0.15) is 0 Å². The van der Waals surface area contributed by atoms with Gasteiger partial charge in [0.05, 0.1) is 6.10 Å². The molecule has 166 valence electrons. The molecule has 4 aliphatic carbocycles. The van der Waals surface area contributed by atoms with Crippen LogP contribution in [0.3, 0.4) is 0 Å². The lowest BCUT2D eigenvalue weighted by Crippen LogP contribution is -2.49. The van der Waals surface area contributed by atoms with E-state index in [1.54, 1.807) is 5.57 Å². The first-order valence-electron chi connectivity index (χ1n) is 12.7. The second-order valence-corrected chi connectivity index (χ2v) is 12.3. The van der Waals surface area contributed by atoms with Crippen molar-refractivity contribution in [3.63, 3.8) is 0 Å². The summed E-state index contributed by atoms with van der Waals surface area (Å²) in [5.41, 5.74) is 2.24. The Morgan fingerprint density at radius 2 is 1.76 bits per heavy atom. The maximum atomic E-state index is 11.2. The van der Waals surface area contributed by atoms with Crippen LogP contribution in [0.25, 0.3) is 0 Å². The van der Waals surface area contributed by atoms with Crippen LogP contribution in [0, 0.1) is 52.3 Å². The van der Waals surface area contributed by atoms with E-state index in [9.17, 15) is 10.2 Å². The van der Waals surface area contributed by atoms with E-state index in [4.69, 9.17) is 0 Å².